The summed E-state index contributed by atoms with van der Waals surface area (Å²) in [6.45, 7) is 5.73. The van der Waals surface area contributed by atoms with Crippen molar-refractivity contribution in [2.24, 2.45) is 0 Å². The van der Waals surface area contributed by atoms with Crippen molar-refractivity contribution in [1.29, 1.82) is 0 Å². The highest BCUT2D eigenvalue weighted by Gasteiger charge is 2.10. The molecule has 0 fully saturated rings. The van der Waals surface area contributed by atoms with Gasteiger partial charge in [0.1, 0.15) is 11.5 Å². The molecular formula is C17H19NO2S. The Morgan fingerprint density at radius 2 is 1.86 bits per heavy atom. The van der Waals surface area contributed by atoms with Crippen LogP contribution in [0.5, 0.6) is 11.5 Å². The Balaban J connectivity index is 2.18. The van der Waals surface area contributed by atoms with E-state index in [1.165, 1.54) is 6.07 Å². The quantitative estimate of drug-likeness (QED) is 0.541. The number of phenolic OH excluding ortho intramolecular Hbond substituents is 2. The molecule has 0 aliphatic rings. The molecule has 21 heavy (non-hydrogen) atoms. The van der Waals surface area contributed by atoms with Gasteiger partial charge in [0.15, 0.2) is 0 Å². The lowest BCUT2D eigenvalue weighted by atomic mass is 10.1. The van der Waals surface area contributed by atoms with Gasteiger partial charge in [-0.1, -0.05) is 18.2 Å². The minimum atomic E-state index is -0.0338. The second-order valence-electron chi connectivity index (χ2n) is 4.74. The Hall–Kier alpha value is -2.07. The first-order valence-electron chi connectivity index (χ1n) is 6.72. The van der Waals surface area contributed by atoms with E-state index in [2.05, 4.69) is 18.0 Å². The number of rotatable bonds is 6. The van der Waals surface area contributed by atoms with E-state index in [1.54, 1.807) is 23.9 Å². The molecule has 2 aromatic rings. The van der Waals surface area contributed by atoms with Crippen molar-refractivity contribution in [1.82, 2.24) is 0 Å². The summed E-state index contributed by atoms with van der Waals surface area (Å²) in [6.07, 6.45) is 1.87. The van der Waals surface area contributed by atoms with E-state index in [9.17, 15) is 10.2 Å². The fourth-order valence-electron chi connectivity index (χ4n) is 2.05. The Kier molecular flexibility index (Phi) is 5.17. The van der Waals surface area contributed by atoms with Gasteiger partial charge in [-0.15, -0.1) is 18.3 Å². The number of aromatic hydroxyl groups is 2. The highest BCUT2D eigenvalue weighted by atomic mass is 32.2. The lowest BCUT2D eigenvalue weighted by molar-refractivity contribution is 0.448. The molecule has 0 aliphatic heterocycles. The molecule has 0 spiro atoms. The van der Waals surface area contributed by atoms with Crippen molar-refractivity contribution in [3.63, 3.8) is 0 Å². The molecule has 2 rings (SSSR count). The Labute approximate surface area is 129 Å². The van der Waals surface area contributed by atoms with Crippen molar-refractivity contribution in [3.05, 3.63) is 60.7 Å². The zero-order valence-electron chi connectivity index (χ0n) is 11.9. The molecule has 0 aromatic heterocycles. The lowest BCUT2D eigenvalue weighted by Gasteiger charge is -2.18. The summed E-state index contributed by atoms with van der Waals surface area (Å²) in [5.41, 5.74) is 1.86. The molecule has 1 unspecified atom stereocenters. The fourth-order valence-corrected chi connectivity index (χ4v) is 2.80. The minimum Gasteiger partial charge on any atom is -0.508 e. The number of hydrogen-bond acceptors (Lipinski definition) is 4. The molecule has 0 amide bonds. The van der Waals surface area contributed by atoms with Crippen molar-refractivity contribution in [2.45, 2.75) is 17.9 Å². The first-order chi connectivity index (χ1) is 10.1. The lowest BCUT2D eigenvalue weighted by Crippen LogP contribution is -2.07. The monoisotopic (exact) mass is 301 g/mol. The highest BCUT2D eigenvalue weighted by Crippen LogP contribution is 2.31. The first-order valence-corrected chi connectivity index (χ1v) is 7.71. The van der Waals surface area contributed by atoms with Crippen molar-refractivity contribution in [2.75, 3.05) is 11.1 Å². The smallest absolute Gasteiger partial charge is 0.119 e. The Morgan fingerprint density at radius 3 is 2.52 bits per heavy atom. The first kappa shape index (κ1) is 15.3. The van der Waals surface area contributed by atoms with E-state index in [0.717, 1.165) is 21.9 Å². The summed E-state index contributed by atoms with van der Waals surface area (Å²) in [6, 6.07) is 12.6. The van der Waals surface area contributed by atoms with E-state index in [1.807, 2.05) is 31.2 Å². The largest absolute Gasteiger partial charge is 0.508 e. The van der Waals surface area contributed by atoms with Crippen LogP contribution < -0.4 is 5.32 Å². The normalized spacial score (nSPS) is 11.9. The molecule has 1 atom stereocenters. The van der Waals surface area contributed by atoms with Crippen LogP contribution in [-0.2, 0) is 0 Å². The van der Waals surface area contributed by atoms with Crippen LogP contribution >= 0.6 is 11.8 Å². The van der Waals surface area contributed by atoms with Gasteiger partial charge in [-0.25, -0.2) is 0 Å². The summed E-state index contributed by atoms with van der Waals surface area (Å²) in [7, 11) is 0. The number of anilines is 1. The van der Waals surface area contributed by atoms with Gasteiger partial charge in [-0.05, 0) is 36.8 Å². The van der Waals surface area contributed by atoms with E-state index in [0.29, 0.717) is 0 Å². The molecule has 0 heterocycles. The molecule has 0 saturated heterocycles. The third kappa shape index (κ3) is 4.20. The van der Waals surface area contributed by atoms with Crippen LogP contribution in [0.3, 0.4) is 0 Å². The number of nitrogens with one attached hydrogen (secondary N) is 1. The summed E-state index contributed by atoms with van der Waals surface area (Å²) in [5.74, 6) is 0.973. The van der Waals surface area contributed by atoms with E-state index >= 15 is 0 Å². The predicted octanol–water partition coefficient (Wildman–Crippen LogP) is 4.55. The van der Waals surface area contributed by atoms with Crippen LogP contribution in [0.4, 0.5) is 5.69 Å². The third-order valence-corrected chi connectivity index (χ3v) is 4.11. The van der Waals surface area contributed by atoms with Crippen LogP contribution in [0.15, 0.2) is 60.0 Å². The van der Waals surface area contributed by atoms with Gasteiger partial charge < -0.3 is 15.5 Å². The second kappa shape index (κ2) is 7.09. The Bertz CT molecular complexity index is 608. The molecule has 4 heteroatoms. The number of benzene rings is 2. The average molecular weight is 301 g/mol. The Morgan fingerprint density at radius 1 is 1.19 bits per heavy atom. The van der Waals surface area contributed by atoms with E-state index in [4.69, 9.17) is 0 Å². The summed E-state index contributed by atoms with van der Waals surface area (Å²) >= 11 is 1.71. The maximum Gasteiger partial charge on any atom is 0.119 e. The number of phenols is 2. The van der Waals surface area contributed by atoms with Crippen molar-refractivity contribution >= 4 is 17.4 Å². The summed E-state index contributed by atoms with van der Waals surface area (Å²) in [4.78, 5) is 1.15. The van der Waals surface area contributed by atoms with Crippen LogP contribution in [0, 0.1) is 0 Å². The van der Waals surface area contributed by atoms with E-state index < -0.39 is 0 Å². The van der Waals surface area contributed by atoms with Gasteiger partial charge in [0, 0.05) is 28.4 Å². The maximum absolute atomic E-state index is 9.58. The van der Waals surface area contributed by atoms with Crippen LogP contribution in [-0.4, -0.2) is 16.0 Å². The number of para-hydroxylation sites is 1. The van der Waals surface area contributed by atoms with Gasteiger partial charge in [0.05, 0.1) is 0 Å². The highest BCUT2D eigenvalue weighted by molar-refractivity contribution is 7.99. The minimum absolute atomic E-state index is 0.0338. The van der Waals surface area contributed by atoms with Crippen LogP contribution in [0.2, 0.25) is 0 Å². The van der Waals surface area contributed by atoms with Gasteiger partial charge in [0.2, 0.25) is 0 Å². The molecule has 2 aromatic carbocycles. The molecule has 110 valence electrons. The number of hydrogen-bond donors (Lipinski definition) is 3. The van der Waals surface area contributed by atoms with Crippen LogP contribution in [0.1, 0.15) is 18.5 Å². The second-order valence-corrected chi connectivity index (χ2v) is 5.81. The standard InChI is InChI=1S/C17H19NO2S/c1-3-8-21-17-7-5-4-6-16(17)18-12(2)13-9-14(19)11-15(20)10-13/h3-7,9-12,18-20H,1,8H2,2H3. The average Bonchev–Trinajstić information content (AvgIpc) is 2.45. The zero-order valence-corrected chi connectivity index (χ0v) is 12.7. The third-order valence-electron chi connectivity index (χ3n) is 3.04. The van der Waals surface area contributed by atoms with Crippen LogP contribution in [0.25, 0.3) is 0 Å². The molecular weight excluding hydrogens is 282 g/mol. The molecule has 3 nitrogen and oxygen atoms in total. The van der Waals surface area contributed by atoms with Gasteiger partial charge >= 0.3 is 0 Å². The topological polar surface area (TPSA) is 52.5 Å². The SMILES string of the molecule is C=CCSc1ccccc1NC(C)c1cc(O)cc(O)c1. The fraction of sp³-hybridized carbons (Fsp3) is 0.176. The predicted molar refractivity (Wildman–Crippen MR) is 89.2 cm³/mol. The molecule has 0 saturated carbocycles. The molecule has 0 aliphatic carbocycles. The summed E-state index contributed by atoms with van der Waals surface area (Å²) < 4.78 is 0. The summed E-state index contributed by atoms with van der Waals surface area (Å²) in [5, 5.41) is 22.6. The molecule has 0 radical (unpaired) electrons. The zero-order chi connectivity index (χ0) is 15.2. The maximum atomic E-state index is 9.58. The van der Waals surface area contributed by atoms with E-state index in [-0.39, 0.29) is 17.5 Å². The van der Waals surface area contributed by atoms with Gasteiger partial charge in [0.25, 0.3) is 0 Å². The molecule has 0 bridgehead atoms. The van der Waals surface area contributed by atoms with Crippen molar-refractivity contribution in [3.8, 4) is 11.5 Å². The van der Waals surface area contributed by atoms with Gasteiger partial charge in [-0.3, -0.25) is 0 Å². The van der Waals surface area contributed by atoms with Crippen molar-refractivity contribution < 1.29 is 10.2 Å². The van der Waals surface area contributed by atoms with Gasteiger partial charge in [-0.2, -0.15) is 0 Å². The number of thioether (sulfide) groups is 1. The molecule has 3 N–H and O–H groups in total.